The number of nitrogens with two attached hydrogens (primary N) is 1. The van der Waals surface area contributed by atoms with Gasteiger partial charge < -0.3 is 4.74 Å². The Morgan fingerprint density at radius 3 is 2.83 bits per heavy atom. The number of hydrazine groups is 1. The Balaban J connectivity index is 2.29. The highest BCUT2D eigenvalue weighted by molar-refractivity contribution is 6.31. The summed E-state index contributed by atoms with van der Waals surface area (Å²) in [6, 6.07) is 0.232. The standard InChI is InChI=1S/C12H21ClN4O/c1-7(2)17-12(10(13)5-15-17)11(16-14)9-4-8(3)18-6-9/h5,7-9,11,16H,4,6,14H2,1-3H3. The molecule has 2 rings (SSSR count). The van der Waals surface area contributed by atoms with Crippen LogP contribution in [0.5, 0.6) is 0 Å². The van der Waals surface area contributed by atoms with Crippen LogP contribution in [0.15, 0.2) is 6.20 Å². The van der Waals surface area contributed by atoms with Gasteiger partial charge >= 0.3 is 0 Å². The van der Waals surface area contributed by atoms with Gasteiger partial charge in [-0.2, -0.15) is 5.10 Å². The number of hydrogen-bond donors (Lipinski definition) is 2. The average molecular weight is 273 g/mol. The fraction of sp³-hybridized carbons (Fsp3) is 0.750. The lowest BCUT2D eigenvalue weighted by atomic mass is 9.94. The number of aromatic nitrogens is 2. The van der Waals surface area contributed by atoms with Crippen LogP contribution in [-0.2, 0) is 4.74 Å². The monoisotopic (exact) mass is 272 g/mol. The summed E-state index contributed by atoms with van der Waals surface area (Å²) >= 11 is 6.26. The van der Waals surface area contributed by atoms with Crippen molar-refractivity contribution < 1.29 is 4.74 Å². The molecule has 3 unspecified atom stereocenters. The third kappa shape index (κ3) is 2.54. The summed E-state index contributed by atoms with van der Waals surface area (Å²) in [7, 11) is 0. The molecule has 6 heteroatoms. The summed E-state index contributed by atoms with van der Waals surface area (Å²) < 4.78 is 7.54. The molecule has 1 fully saturated rings. The molecule has 3 N–H and O–H groups in total. The number of hydrogen-bond acceptors (Lipinski definition) is 4. The van der Waals surface area contributed by atoms with Crippen LogP contribution in [0, 0.1) is 5.92 Å². The number of halogens is 1. The zero-order chi connectivity index (χ0) is 13.3. The van der Waals surface area contributed by atoms with Gasteiger partial charge in [0.1, 0.15) is 0 Å². The molecule has 0 amide bonds. The molecule has 18 heavy (non-hydrogen) atoms. The van der Waals surface area contributed by atoms with Gasteiger partial charge in [0.15, 0.2) is 0 Å². The summed E-state index contributed by atoms with van der Waals surface area (Å²) in [5.74, 6) is 6.05. The van der Waals surface area contributed by atoms with E-state index in [1.54, 1.807) is 6.20 Å². The zero-order valence-electron chi connectivity index (χ0n) is 11.1. The topological polar surface area (TPSA) is 65.1 Å². The minimum Gasteiger partial charge on any atom is -0.378 e. The predicted octanol–water partition coefficient (Wildman–Crippen LogP) is 2.05. The molecular weight excluding hydrogens is 252 g/mol. The van der Waals surface area contributed by atoms with Crippen molar-refractivity contribution >= 4 is 11.6 Å². The summed E-state index contributed by atoms with van der Waals surface area (Å²) in [6.45, 7) is 6.94. The maximum Gasteiger partial charge on any atom is 0.0834 e. The summed E-state index contributed by atoms with van der Waals surface area (Å²) in [6.07, 6.45) is 2.94. The summed E-state index contributed by atoms with van der Waals surface area (Å²) in [5, 5.41) is 4.98. The first-order valence-electron chi connectivity index (χ1n) is 6.35. The second-order valence-corrected chi connectivity index (χ2v) is 5.61. The molecular formula is C12H21ClN4O. The minimum atomic E-state index is -0.0210. The summed E-state index contributed by atoms with van der Waals surface area (Å²) in [5.41, 5.74) is 3.83. The van der Waals surface area contributed by atoms with Crippen molar-refractivity contribution in [2.75, 3.05) is 6.61 Å². The van der Waals surface area contributed by atoms with E-state index in [1.807, 2.05) is 4.68 Å². The van der Waals surface area contributed by atoms with Crippen LogP contribution < -0.4 is 11.3 Å². The van der Waals surface area contributed by atoms with Crippen molar-refractivity contribution in [2.45, 2.75) is 45.4 Å². The Morgan fingerprint density at radius 1 is 1.61 bits per heavy atom. The highest BCUT2D eigenvalue weighted by Crippen LogP contribution is 2.35. The molecule has 3 atom stereocenters. The van der Waals surface area contributed by atoms with Gasteiger partial charge in [0, 0.05) is 12.0 Å². The molecule has 102 valence electrons. The van der Waals surface area contributed by atoms with E-state index in [-0.39, 0.29) is 18.2 Å². The normalized spacial score (nSPS) is 25.9. The SMILES string of the molecule is CC1CC(C(NN)c2c(Cl)cnn2C(C)C)CO1. The molecule has 2 heterocycles. The molecule has 1 saturated heterocycles. The van der Waals surface area contributed by atoms with E-state index in [0.29, 0.717) is 17.5 Å². The Kier molecular flexibility index (Phi) is 4.27. The van der Waals surface area contributed by atoms with Crippen LogP contribution in [0.3, 0.4) is 0 Å². The lowest BCUT2D eigenvalue weighted by Gasteiger charge is -2.24. The fourth-order valence-corrected chi connectivity index (χ4v) is 2.82. The lowest BCUT2D eigenvalue weighted by Crippen LogP contribution is -2.36. The van der Waals surface area contributed by atoms with E-state index in [0.717, 1.165) is 12.1 Å². The predicted molar refractivity (Wildman–Crippen MR) is 71.2 cm³/mol. The van der Waals surface area contributed by atoms with E-state index in [9.17, 15) is 0 Å². The number of nitrogens with one attached hydrogen (secondary N) is 1. The quantitative estimate of drug-likeness (QED) is 0.650. The van der Waals surface area contributed by atoms with Crippen molar-refractivity contribution in [2.24, 2.45) is 11.8 Å². The van der Waals surface area contributed by atoms with Gasteiger partial charge in [-0.05, 0) is 27.2 Å². The molecule has 0 radical (unpaired) electrons. The number of nitrogens with zero attached hydrogens (tertiary/aromatic N) is 2. The first-order valence-corrected chi connectivity index (χ1v) is 6.73. The summed E-state index contributed by atoms with van der Waals surface area (Å²) in [4.78, 5) is 0. The molecule has 0 aliphatic carbocycles. The highest BCUT2D eigenvalue weighted by atomic mass is 35.5. The molecule has 0 spiro atoms. The van der Waals surface area contributed by atoms with Gasteiger partial charge in [-0.15, -0.1) is 0 Å². The first-order chi connectivity index (χ1) is 8.54. The Bertz CT molecular complexity index is 407. The average Bonchev–Trinajstić information content (AvgIpc) is 2.88. The number of ether oxygens (including phenoxy) is 1. The van der Waals surface area contributed by atoms with Gasteiger partial charge in [-0.1, -0.05) is 11.6 Å². The van der Waals surface area contributed by atoms with Crippen LogP contribution in [0.25, 0.3) is 0 Å². The van der Waals surface area contributed by atoms with Crippen LogP contribution in [0.2, 0.25) is 5.02 Å². The van der Waals surface area contributed by atoms with Crippen molar-refractivity contribution in [1.82, 2.24) is 15.2 Å². The number of rotatable bonds is 4. The molecule has 5 nitrogen and oxygen atoms in total. The van der Waals surface area contributed by atoms with Crippen molar-refractivity contribution in [3.8, 4) is 0 Å². The molecule has 1 aromatic rings. The van der Waals surface area contributed by atoms with E-state index >= 15 is 0 Å². The molecule has 1 aromatic heterocycles. The van der Waals surface area contributed by atoms with Gasteiger partial charge in [0.05, 0.1) is 35.7 Å². The molecule has 1 aliphatic heterocycles. The van der Waals surface area contributed by atoms with Gasteiger partial charge in [0.25, 0.3) is 0 Å². The van der Waals surface area contributed by atoms with Crippen molar-refractivity contribution in [3.63, 3.8) is 0 Å². The Morgan fingerprint density at radius 2 is 2.33 bits per heavy atom. The van der Waals surface area contributed by atoms with Crippen LogP contribution in [-0.4, -0.2) is 22.5 Å². The molecule has 0 aromatic carbocycles. The third-order valence-electron chi connectivity index (χ3n) is 3.45. The minimum absolute atomic E-state index is 0.0210. The Hall–Kier alpha value is -0.620. The van der Waals surface area contributed by atoms with Crippen molar-refractivity contribution in [3.05, 3.63) is 16.9 Å². The van der Waals surface area contributed by atoms with Gasteiger partial charge in [0.2, 0.25) is 0 Å². The Labute approximate surface area is 113 Å². The van der Waals surface area contributed by atoms with Gasteiger partial charge in [-0.3, -0.25) is 16.0 Å². The van der Waals surface area contributed by atoms with E-state index < -0.39 is 0 Å². The van der Waals surface area contributed by atoms with Crippen molar-refractivity contribution in [1.29, 1.82) is 0 Å². The molecule has 0 saturated carbocycles. The molecule has 1 aliphatic rings. The maximum absolute atomic E-state index is 6.26. The second kappa shape index (κ2) is 5.57. The zero-order valence-corrected chi connectivity index (χ0v) is 11.8. The van der Waals surface area contributed by atoms with E-state index in [4.69, 9.17) is 22.2 Å². The maximum atomic E-state index is 6.26. The largest absolute Gasteiger partial charge is 0.378 e. The fourth-order valence-electron chi connectivity index (χ4n) is 2.57. The highest BCUT2D eigenvalue weighted by Gasteiger charge is 2.33. The second-order valence-electron chi connectivity index (χ2n) is 5.20. The van der Waals surface area contributed by atoms with Gasteiger partial charge in [-0.25, -0.2) is 0 Å². The molecule has 0 bridgehead atoms. The first kappa shape index (κ1) is 13.8. The van der Waals surface area contributed by atoms with Crippen LogP contribution in [0.1, 0.15) is 45.0 Å². The smallest absolute Gasteiger partial charge is 0.0834 e. The van der Waals surface area contributed by atoms with E-state index in [2.05, 4.69) is 31.3 Å². The van der Waals surface area contributed by atoms with E-state index in [1.165, 1.54) is 0 Å². The van der Waals surface area contributed by atoms with Crippen LogP contribution >= 0.6 is 11.6 Å². The van der Waals surface area contributed by atoms with Crippen LogP contribution in [0.4, 0.5) is 0 Å². The third-order valence-corrected chi connectivity index (χ3v) is 3.74. The lowest BCUT2D eigenvalue weighted by molar-refractivity contribution is 0.116.